The van der Waals surface area contributed by atoms with Gasteiger partial charge in [-0.1, -0.05) is 67.6 Å². The Hall–Kier alpha value is -3.12. The topological polar surface area (TPSA) is 71.7 Å². The molecular formula is C28H30ClNO4. The highest BCUT2D eigenvalue weighted by Crippen LogP contribution is 2.29. The first kappa shape index (κ1) is 25.5. The molecule has 0 bridgehead atoms. The molecule has 3 aromatic carbocycles. The average Bonchev–Trinajstić information content (AvgIpc) is 2.85. The van der Waals surface area contributed by atoms with Crippen LogP contribution >= 0.6 is 12.4 Å². The number of nitrogens with one attached hydrogen (secondary N) is 1. The lowest BCUT2D eigenvalue weighted by Crippen LogP contribution is -2.31. The Morgan fingerprint density at radius 2 is 1.71 bits per heavy atom. The molecule has 0 saturated carbocycles. The third-order valence-corrected chi connectivity index (χ3v) is 5.47. The fourth-order valence-corrected chi connectivity index (χ4v) is 3.78. The predicted octanol–water partition coefficient (Wildman–Crippen LogP) is 5.21. The van der Waals surface area contributed by atoms with Crippen molar-refractivity contribution in [2.45, 2.75) is 25.9 Å². The van der Waals surface area contributed by atoms with Gasteiger partial charge in [0, 0.05) is 30.2 Å². The molecule has 0 radical (unpaired) electrons. The summed E-state index contributed by atoms with van der Waals surface area (Å²) >= 11 is 0. The molecule has 0 aliphatic carbocycles. The number of benzene rings is 3. The van der Waals surface area contributed by atoms with E-state index in [1.807, 2.05) is 60.7 Å². The Labute approximate surface area is 205 Å². The molecule has 1 unspecified atom stereocenters. The van der Waals surface area contributed by atoms with E-state index in [0.29, 0.717) is 41.0 Å². The largest absolute Gasteiger partial charge is 0.491 e. The lowest BCUT2D eigenvalue weighted by Gasteiger charge is -2.14. The molecular weight excluding hydrogens is 450 g/mol. The summed E-state index contributed by atoms with van der Waals surface area (Å²) in [5, 5.41) is 13.8. The summed E-state index contributed by atoms with van der Waals surface area (Å²) < 4.78 is 12.1. The second kappa shape index (κ2) is 12.4. The Morgan fingerprint density at radius 3 is 2.41 bits per heavy atom. The standard InChI is InChI=1S/C28H29NO4.ClH/c1-2-15-29-18-22(30)19-32-23-13-14-24-26(17-23)33-28(21-11-7-4-8-12-21)25(27(24)31)16-20-9-5-3-6-10-20;/h3-14,17,22,29-30H,2,15-16,18-19H2,1H3;1H. The van der Waals surface area contributed by atoms with Gasteiger partial charge in [-0.05, 0) is 30.7 Å². The van der Waals surface area contributed by atoms with Crippen LogP contribution in [-0.4, -0.2) is 30.9 Å². The van der Waals surface area contributed by atoms with E-state index >= 15 is 0 Å². The molecule has 6 heteroatoms. The number of ether oxygens (including phenoxy) is 1. The second-order valence-corrected chi connectivity index (χ2v) is 8.09. The minimum absolute atomic E-state index is 0. The molecule has 5 nitrogen and oxygen atoms in total. The number of fused-ring (bicyclic) bond motifs is 1. The third-order valence-electron chi connectivity index (χ3n) is 5.47. The summed E-state index contributed by atoms with van der Waals surface area (Å²) in [7, 11) is 0. The van der Waals surface area contributed by atoms with Crippen LogP contribution in [0.2, 0.25) is 0 Å². The molecule has 0 aliphatic heterocycles. The van der Waals surface area contributed by atoms with E-state index in [9.17, 15) is 9.90 Å². The zero-order valence-electron chi connectivity index (χ0n) is 19.2. The van der Waals surface area contributed by atoms with E-state index in [1.54, 1.807) is 18.2 Å². The van der Waals surface area contributed by atoms with Crippen LogP contribution in [0.5, 0.6) is 5.75 Å². The van der Waals surface area contributed by atoms with Gasteiger partial charge in [-0.15, -0.1) is 12.4 Å². The third kappa shape index (κ3) is 6.26. The van der Waals surface area contributed by atoms with Crippen LogP contribution in [0.15, 0.2) is 88.1 Å². The number of rotatable bonds is 10. The Bertz CT molecular complexity index is 1240. The van der Waals surface area contributed by atoms with Gasteiger partial charge in [0.05, 0.1) is 5.39 Å². The first-order valence-corrected chi connectivity index (χ1v) is 11.4. The van der Waals surface area contributed by atoms with Crippen molar-refractivity contribution >= 4 is 23.4 Å². The van der Waals surface area contributed by atoms with E-state index < -0.39 is 6.10 Å². The SMILES string of the molecule is CCCNCC(O)COc1ccc2c(=O)c(Cc3ccccc3)c(-c3ccccc3)oc2c1.Cl. The van der Waals surface area contributed by atoms with Gasteiger partial charge < -0.3 is 19.6 Å². The van der Waals surface area contributed by atoms with Crippen LogP contribution in [-0.2, 0) is 6.42 Å². The summed E-state index contributed by atoms with van der Waals surface area (Å²) in [6.45, 7) is 3.56. The number of hydrogen-bond acceptors (Lipinski definition) is 5. The second-order valence-electron chi connectivity index (χ2n) is 8.09. The molecule has 1 atom stereocenters. The lowest BCUT2D eigenvalue weighted by atomic mass is 9.98. The Morgan fingerprint density at radius 1 is 1.00 bits per heavy atom. The average molecular weight is 480 g/mol. The summed E-state index contributed by atoms with van der Waals surface area (Å²) in [6.07, 6.45) is 0.874. The van der Waals surface area contributed by atoms with E-state index in [4.69, 9.17) is 9.15 Å². The molecule has 178 valence electrons. The van der Waals surface area contributed by atoms with Crippen molar-refractivity contribution in [1.82, 2.24) is 5.32 Å². The molecule has 4 aromatic rings. The highest BCUT2D eigenvalue weighted by atomic mass is 35.5. The maximum atomic E-state index is 13.5. The molecule has 0 spiro atoms. The summed E-state index contributed by atoms with van der Waals surface area (Å²) in [6, 6.07) is 24.8. The Kier molecular flexibility index (Phi) is 9.28. The maximum absolute atomic E-state index is 13.5. The van der Waals surface area contributed by atoms with Crippen LogP contribution in [0.4, 0.5) is 0 Å². The highest BCUT2D eigenvalue weighted by molar-refractivity contribution is 5.85. The van der Waals surface area contributed by atoms with Crippen LogP contribution in [0, 0.1) is 0 Å². The minimum atomic E-state index is -0.618. The van der Waals surface area contributed by atoms with E-state index in [0.717, 1.165) is 24.1 Å². The van der Waals surface area contributed by atoms with E-state index in [1.165, 1.54) is 0 Å². The molecule has 0 fully saturated rings. The first-order valence-electron chi connectivity index (χ1n) is 11.4. The number of halogens is 1. The van der Waals surface area contributed by atoms with Gasteiger partial charge in [-0.25, -0.2) is 0 Å². The van der Waals surface area contributed by atoms with Crippen molar-refractivity contribution in [1.29, 1.82) is 0 Å². The molecule has 1 heterocycles. The van der Waals surface area contributed by atoms with Crippen molar-refractivity contribution in [2.24, 2.45) is 0 Å². The summed E-state index contributed by atoms with van der Waals surface area (Å²) in [5.74, 6) is 1.12. The van der Waals surface area contributed by atoms with Gasteiger partial charge in [0.25, 0.3) is 0 Å². The molecule has 0 amide bonds. The number of aliphatic hydroxyl groups excluding tert-OH is 1. The first-order chi connectivity index (χ1) is 16.2. The van der Waals surface area contributed by atoms with Crippen molar-refractivity contribution < 1.29 is 14.3 Å². The van der Waals surface area contributed by atoms with Gasteiger partial charge in [0.2, 0.25) is 0 Å². The molecule has 0 saturated heterocycles. The van der Waals surface area contributed by atoms with Gasteiger partial charge in [0.15, 0.2) is 5.43 Å². The monoisotopic (exact) mass is 479 g/mol. The van der Waals surface area contributed by atoms with Gasteiger partial charge >= 0.3 is 0 Å². The predicted molar refractivity (Wildman–Crippen MR) is 139 cm³/mol. The number of hydrogen-bond donors (Lipinski definition) is 2. The quantitative estimate of drug-likeness (QED) is 0.305. The van der Waals surface area contributed by atoms with Crippen LogP contribution in [0.25, 0.3) is 22.3 Å². The summed E-state index contributed by atoms with van der Waals surface area (Å²) in [4.78, 5) is 13.5. The van der Waals surface area contributed by atoms with Crippen molar-refractivity contribution in [2.75, 3.05) is 19.7 Å². The Balaban J connectivity index is 0.00000324. The highest BCUT2D eigenvalue weighted by Gasteiger charge is 2.17. The fourth-order valence-electron chi connectivity index (χ4n) is 3.78. The minimum Gasteiger partial charge on any atom is -0.491 e. The van der Waals surface area contributed by atoms with Crippen LogP contribution < -0.4 is 15.5 Å². The van der Waals surface area contributed by atoms with E-state index in [-0.39, 0.29) is 24.4 Å². The van der Waals surface area contributed by atoms with Crippen LogP contribution in [0.3, 0.4) is 0 Å². The molecule has 1 aromatic heterocycles. The van der Waals surface area contributed by atoms with Crippen molar-refractivity contribution in [3.63, 3.8) is 0 Å². The smallest absolute Gasteiger partial charge is 0.196 e. The zero-order chi connectivity index (χ0) is 23.0. The number of aliphatic hydroxyl groups is 1. The molecule has 0 aliphatic rings. The van der Waals surface area contributed by atoms with Gasteiger partial charge in [0.1, 0.15) is 29.8 Å². The molecule has 2 N–H and O–H groups in total. The molecule has 34 heavy (non-hydrogen) atoms. The van der Waals surface area contributed by atoms with E-state index in [2.05, 4.69) is 12.2 Å². The van der Waals surface area contributed by atoms with Gasteiger partial charge in [-0.2, -0.15) is 0 Å². The molecule has 4 rings (SSSR count). The normalized spacial score (nSPS) is 11.7. The maximum Gasteiger partial charge on any atom is 0.196 e. The van der Waals surface area contributed by atoms with Gasteiger partial charge in [-0.3, -0.25) is 4.79 Å². The van der Waals surface area contributed by atoms with Crippen LogP contribution in [0.1, 0.15) is 24.5 Å². The zero-order valence-corrected chi connectivity index (χ0v) is 20.0. The fraction of sp³-hybridized carbons (Fsp3) is 0.250. The van der Waals surface area contributed by atoms with Crippen molar-refractivity contribution in [3.05, 3.63) is 100 Å². The summed E-state index contributed by atoms with van der Waals surface area (Å²) in [5.41, 5.74) is 2.95. The lowest BCUT2D eigenvalue weighted by molar-refractivity contribution is 0.106. The van der Waals surface area contributed by atoms with Crippen molar-refractivity contribution in [3.8, 4) is 17.1 Å².